The van der Waals surface area contributed by atoms with E-state index in [0.717, 1.165) is 25.9 Å². The summed E-state index contributed by atoms with van der Waals surface area (Å²) in [6.45, 7) is 1.67. The van der Waals surface area contributed by atoms with Crippen molar-refractivity contribution in [2.75, 3.05) is 25.0 Å². The third kappa shape index (κ3) is 7.35. The Morgan fingerprint density at radius 1 is 1.00 bits per heavy atom. The van der Waals surface area contributed by atoms with Crippen LogP contribution < -0.4 is 14.8 Å². The summed E-state index contributed by atoms with van der Waals surface area (Å²) in [7, 11) is -3.75. The molecule has 2 N–H and O–H groups in total. The molecule has 4 aromatic rings. The maximum absolute atomic E-state index is 15.0. The Labute approximate surface area is 234 Å². The van der Waals surface area contributed by atoms with Crippen LogP contribution in [-0.4, -0.2) is 43.6 Å². The molecule has 41 heavy (non-hydrogen) atoms. The number of hydrogen-bond donors (Lipinski definition) is 2. The summed E-state index contributed by atoms with van der Waals surface area (Å²) >= 11 is 0. The van der Waals surface area contributed by atoms with E-state index >= 15 is 4.39 Å². The van der Waals surface area contributed by atoms with Crippen molar-refractivity contribution < 1.29 is 30.7 Å². The highest BCUT2D eigenvalue weighted by molar-refractivity contribution is 7.91. The van der Waals surface area contributed by atoms with Gasteiger partial charge in [-0.1, -0.05) is 30.3 Å². The number of rotatable bonds is 8. The molecule has 0 spiro atoms. The van der Waals surface area contributed by atoms with Gasteiger partial charge in [0.1, 0.15) is 11.5 Å². The Balaban J connectivity index is 0.00000189. The van der Waals surface area contributed by atoms with Gasteiger partial charge in [-0.3, -0.25) is 9.11 Å². The molecule has 13 heteroatoms. The van der Waals surface area contributed by atoms with Crippen molar-refractivity contribution in [3.63, 3.8) is 0 Å². The normalized spacial score (nSPS) is 15.0. The van der Waals surface area contributed by atoms with Crippen LogP contribution >= 0.6 is 0 Å². The van der Waals surface area contributed by atoms with Crippen molar-refractivity contribution in [3.8, 4) is 22.9 Å². The van der Waals surface area contributed by atoms with Gasteiger partial charge in [0.05, 0.1) is 24.2 Å². The van der Waals surface area contributed by atoms with E-state index in [2.05, 4.69) is 20.3 Å². The fraction of sp³-hybridized carbons (Fsp3) is 0.250. The minimum absolute atomic E-state index is 0.124. The molecule has 3 heterocycles. The molecular formula is C28H27F4N5O3S. The SMILES string of the molecule is CF.O=S(=O)(Cc1ccccc1)Nc1c(F)cc(Oc2ncccc2-c2ccnc(C3CCCNC3)n2)c(F)c1F. The highest BCUT2D eigenvalue weighted by atomic mass is 32.2. The highest BCUT2D eigenvalue weighted by Crippen LogP contribution is 2.36. The van der Waals surface area contributed by atoms with E-state index in [9.17, 15) is 21.6 Å². The molecule has 0 amide bonds. The first-order chi connectivity index (χ1) is 19.8. The summed E-state index contributed by atoms with van der Waals surface area (Å²) in [6.07, 6.45) is 4.90. The first kappa shape index (κ1) is 29.9. The molecule has 0 bridgehead atoms. The first-order valence-corrected chi connectivity index (χ1v) is 14.2. The second kappa shape index (κ2) is 13.5. The summed E-state index contributed by atoms with van der Waals surface area (Å²) in [5.74, 6) is -5.42. The molecule has 0 aliphatic carbocycles. The van der Waals surface area contributed by atoms with Gasteiger partial charge in [-0.25, -0.2) is 32.2 Å². The molecule has 1 saturated heterocycles. The molecule has 0 radical (unpaired) electrons. The number of aromatic nitrogens is 3. The molecule has 1 atom stereocenters. The van der Waals surface area contributed by atoms with E-state index in [1.807, 2.05) is 0 Å². The molecule has 8 nitrogen and oxygen atoms in total. The Bertz CT molecular complexity index is 1590. The Morgan fingerprint density at radius 2 is 1.78 bits per heavy atom. The standard InChI is InChI=1S/C27H24F3N5O3S.CH3F/c28-20-14-22(23(29)24(30)25(20)35-39(36,37)16-17-6-2-1-3-7-17)38-27-19(9-5-12-33-27)21-10-13-32-26(34-21)18-8-4-11-31-15-18;1-2/h1-3,5-7,9-10,12-14,18,31,35H,4,8,11,15-16H2;1H3. The lowest BCUT2D eigenvalue weighted by atomic mass is 9.98. The molecule has 216 valence electrons. The summed E-state index contributed by atoms with van der Waals surface area (Å²) in [6, 6.07) is 13.5. The third-order valence-corrected chi connectivity index (χ3v) is 7.40. The minimum atomic E-state index is -4.25. The van der Waals surface area contributed by atoms with Crippen LogP contribution in [0.3, 0.4) is 0 Å². The lowest BCUT2D eigenvalue weighted by Gasteiger charge is -2.21. The van der Waals surface area contributed by atoms with Crippen molar-refractivity contribution in [2.24, 2.45) is 0 Å². The van der Waals surface area contributed by atoms with Crippen LogP contribution in [0.5, 0.6) is 11.6 Å². The van der Waals surface area contributed by atoms with Gasteiger partial charge in [-0.2, -0.15) is 4.39 Å². The molecule has 1 fully saturated rings. The van der Waals surface area contributed by atoms with Crippen LogP contribution in [0, 0.1) is 17.5 Å². The van der Waals surface area contributed by atoms with Crippen LogP contribution in [0.15, 0.2) is 67.0 Å². The van der Waals surface area contributed by atoms with E-state index in [0.29, 0.717) is 35.9 Å². The van der Waals surface area contributed by atoms with Gasteiger partial charge in [0.15, 0.2) is 17.4 Å². The number of sulfonamides is 1. The van der Waals surface area contributed by atoms with E-state index in [1.54, 1.807) is 59.4 Å². The van der Waals surface area contributed by atoms with Crippen molar-refractivity contribution in [3.05, 3.63) is 95.8 Å². The summed E-state index contributed by atoms with van der Waals surface area (Å²) in [4.78, 5) is 13.1. The van der Waals surface area contributed by atoms with Crippen molar-refractivity contribution in [1.29, 1.82) is 0 Å². The maximum atomic E-state index is 15.0. The fourth-order valence-corrected chi connectivity index (χ4v) is 5.49. The average Bonchev–Trinajstić information content (AvgIpc) is 3.00. The van der Waals surface area contributed by atoms with Crippen LogP contribution in [0.1, 0.15) is 30.1 Å². The van der Waals surface area contributed by atoms with Crippen LogP contribution in [0.4, 0.5) is 23.2 Å². The molecule has 1 unspecified atom stereocenters. The van der Waals surface area contributed by atoms with Crippen LogP contribution in [0.25, 0.3) is 11.3 Å². The van der Waals surface area contributed by atoms with Gasteiger partial charge in [-0.15, -0.1) is 0 Å². The molecular weight excluding hydrogens is 562 g/mol. The lowest BCUT2D eigenvalue weighted by molar-refractivity contribution is 0.401. The van der Waals surface area contributed by atoms with Crippen LogP contribution in [0.2, 0.25) is 0 Å². The third-order valence-electron chi connectivity index (χ3n) is 6.17. The second-order valence-electron chi connectivity index (χ2n) is 9.01. The Kier molecular flexibility index (Phi) is 9.84. The predicted octanol–water partition coefficient (Wildman–Crippen LogP) is 5.74. The number of hydrogen-bond acceptors (Lipinski definition) is 7. The van der Waals surface area contributed by atoms with Gasteiger partial charge < -0.3 is 10.1 Å². The first-order valence-electron chi connectivity index (χ1n) is 12.6. The van der Waals surface area contributed by atoms with Gasteiger partial charge in [0.25, 0.3) is 0 Å². The zero-order valence-electron chi connectivity index (χ0n) is 22.0. The fourth-order valence-electron chi connectivity index (χ4n) is 4.29. The van der Waals surface area contributed by atoms with Crippen molar-refractivity contribution in [1.82, 2.24) is 20.3 Å². The molecule has 2 aromatic carbocycles. The smallest absolute Gasteiger partial charge is 0.237 e. The van der Waals surface area contributed by atoms with Gasteiger partial charge in [0, 0.05) is 30.9 Å². The number of pyridine rings is 1. The van der Waals surface area contributed by atoms with E-state index < -0.39 is 44.7 Å². The average molecular weight is 590 g/mol. The van der Waals surface area contributed by atoms with E-state index in [-0.39, 0.29) is 11.8 Å². The second-order valence-corrected chi connectivity index (χ2v) is 10.7. The molecule has 5 rings (SSSR count). The van der Waals surface area contributed by atoms with Gasteiger partial charge in [0.2, 0.25) is 21.7 Å². The number of anilines is 1. The highest BCUT2D eigenvalue weighted by Gasteiger charge is 2.25. The van der Waals surface area contributed by atoms with Gasteiger partial charge in [-0.05, 0) is 43.1 Å². The lowest BCUT2D eigenvalue weighted by Crippen LogP contribution is -2.29. The predicted molar refractivity (Wildman–Crippen MR) is 146 cm³/mol. The Hall–Kier alpha value is -4.10. The van der Waals surface area contributed by atoms with Crippen LogP contribution in [-0.2, 0) is 15.8 Å². The summed E-state index contributed by atoms with van der Waals surface area (Å²) in [5, 5.41) is 3.31. The number of piperidine rings is 1. The minimum Gasteiger partial charge on any atom is -0.435 e. The largest absolute Gasteiger partial charge is 0.435 e. The van der Waals surface area contributed by atoms with E-state index in [4.69, 9.17) is 4.74 Å². The number of halogens is 4. The summed E-state index contributed by atoms with van der Waals surface area (Å²) in [5.41, 5.74) is 0.0539. The van der Waals surface area contributed by atoms with Gasteiger partial charge >= 0.3 is 0 Å². The van der Waals surface area contributed by atoms with Crippen molar-refractivity contribution >= 4 is 15.7 Å². The monoisotopic (exact) mass is 589 g/mol. The molecule has 1 aliphatic rings. The number of nitrogens with one attached hydrogen (secondary N) is 2. The van der Waals surface area contributed by atoms with E-state index in [1.165, 1.54) is 6.20 Å². The number of ether oxygens (including phenoxy) is 1. The zero-order chi connectivity index (χ0) is 29.4. The Morgan fingerprint density at radius 3 is 2.51 bits per heavy atom. The summed E-state index contributed by atoms with van der Waals surface area (Å²) < 4.78 is 86.6. The number of nitrogens with zero attached hydrogens (tertiary/aromatic N) is 3. The number of benzene rings is 2. The quantitative estimate of drug-likeness (QED) is 0.199. The molecule has 2 aromatic heterocycles. The maximum Gasteiger partial charge on any atom is 0.237 e. The topological polar surface area (TPSA) is 106 Å². The zero-order valence-corrected chi connectivity index (χ0v) is 22.8. The molecule has 0 saturated carbocycles. The van der Waals surface area contributed by atoms with Crippen molar-refractivity contribution in [2.45, 2.75) is 24.5 Å². The molecule has 1 aliphatic heterocycles. The number of alkyl halides is 1.